The summed E-state index contributed by atoms with van der Waals surface area (Å²) in [7, 11) is -3.91. The minimum Gasteiger partial charge on any atom is -0.455 e. The van der Waals surface area contributed by atoms with Crippen LogP contribution in [0.2, 0.25) is 0 Å². The van der Waals surface area contributed by atoms with E-state index < -0.39 is 21.5 Å². The highest BCUT2D eigenvalue weighted by molar-refractivity contribution is 7.89. The van der Waals surface area contributed by atoms with E-state index in [1.807, 2.05) is 19.1 Å². The van der Waals surface area contributed by atoms with E-state index >= 15 is 0 Å². The molecular weight excluding hydrogens is 328 g/mol. The van der Waals surface area contributed by atoms with Gasteiger partial charge in [0, 0.05) is 11.6 Å². The van der Waals surface area contributed by atoms with Crippen molar-refractivity contribution < 1.29 is 17.6 Å². The third-order valence-electron chi connectivity index (χ3n) is 4.46. The first kappa shape index (κ1) is 16.7. The van der Waals surface area contributed by atoms with Gasteiger partial charge in [-0.2, -0.15) is 0 Å². The Labute approximate surface area is 141 Å². The van der Waals surface area contributed by atoms with E-state index in [2.05, 4.69) is 17.4 Å². The normalized spacial score (nSPS) is 20.5. The lowest BCUT2D eigenvalue weighted by Crippen LogP contribution is -2.49. The smallest absolute Gasteiger partial charge is 0.287 e. The molecule has 1 heterocycles. The SMILES string of the molecule is Cc1oc(C(=O)N[C@]2(C)CCc3ccccc3C2)cc1S(N)(=O)=O. The van der Waals surface area contributed by atoms with Gasteiger partial charge in [0.1, 0.15) is 10.7 Å². The van der Waals surface area contributed by atoms with Crippen LogP contribution in [0.1, 0.15) is 40.8 Å². The lowest BCUT2D eigenvalue weighted by molar-refractivity contribution is 0.0868. The van der Waals surface area contributed by atoms with Gasteiger partial charge in [0.05, 0.1) is 0 Å². The number of rotatable bonds is 3. The molecule has 1 aromatic carbocycles. The maximum absolute atomic E-state index is 12.5. The van der Waals surface area contributed by atoms with Gasteiger partial charge in [-0.15, -0.1) is 0 Å². The summed E-state index contributed by atoms with van der Waals surface area (Å²) in [5, 5.41) is 8.09. The number of nitrogens with one attached hydrogen (secondary N) is 1. The minimum absolute atomic E-state index is 0.0448. The Balaban J connectivity index is 1.81. The van der Waals surface area contributed by atoms with Gasteiger partial charge in [0.25, 0.3) is 5.91 Å². The molecule has 0 spiro atoms. The number of furan rings is 1. The maximum Gasteiger partial charge on any atom is 0.287 e. The predicted octanol–water partition coefficient (Wildman–Crippen LogP) is 1.91. The zero-order valence-electron chi connectivity index (χ0n) is 13.6. The van der Waals surface area contributed by atoms with Crippen LogP contribution in [0.3, 0.4) is 0 Å². The van der Waals surface area contributed by atoms with Gasteiger partial charge >= 0.3 is 0 Å². The summed E-state index contributed by atoms with van der Waals surface area (Å²) in [5.41, 5.74) is 2.11. The summed E-state index contributed by atoms with van der Waals surface area (Å²) in [4.78, 5) is 12.3. The Morgan fingerprint density at radius 2 is 1.96 bits per heavy atom. The average Bonchev–Trinajstić information content (AvgIpc) is 2.89. The van der Waals surface area contributed by atoms with Gasteiger partial charge in [-0.25, -0.2) is 13.6 Å². The molecule has 6 nitrogen and oxygen atoms in total. The molecule has 1 aliphatic carbocycles. The molecule has 1 amide bonds. The van der Waals surface area contributed by atoms with E-state index in [1.54, 1.807) is 0 Å². The number of benzene rings is 1. The predicted molar refractivity (Wildman–Crippen MR) is 89.2 cm³/mol. The van der Waals surface area contributed by atoms with Crippen LogP contribution in [-0.2, 0) is 22.9 Å². The van der Waals surface area contributed by atoms with Crippen molar-refractivity contribution in [3.8, 4) is 0 Å². The molecule has 0 unspecified atom stereocenters. The van der Waals surface area contributed by atoms with Crippen molar-refractivity contribution in [3.63, 3.8) is 0 Å². The molecule has 3 rings (SSSR count). The van der Waals surface area contributed by atoms with E-state index in [0.29, 0.717) is 0 Å². The lowest BCUT2D eigenvalue weighted by atomic mass is 9.79. The molecule has 0 radical (unpaired) electrons. The molecule has 128 valence electrons. The first-order valence-electron chi connectivity index (χ1n) is 7.70. The van der Waals surface area contributed by atoms with Gasteiger partial charge in [0.15, 0.2) is 5.76 Å². The van der Waals surface area contributed by atoms with Crippen molar-refractivity contribution in [2.75, 3.05) is 0 Å². The molecule has 1 aliphatic rings. The number of hydrogen-bond donors (Lipinski definition) is 2. The Morgan fingerprint density at radius 1 is 1.29 bits per heavy atom. The first-order valence-corrected chi connectivity index (χ1v) is 9.25. The molecule has 1 aromatic heterocycles. The molecule has 3 N–H and O–H groups in total. The third kappa shape index (κ3) is 3.22. The highest BCUT2D eigenvalue weighted by Gasteiger charge is 2.32. The van der Waals surface area contributed by atoms with Crippen molar-refractivity contribution in [1.82, 2.24) is 5.32 Å². The van der Waals surface area contributed by atoms with Gasteiger partial charge in [0.2, 0.25) is 10.0 Å². The van der Waals surface area contributed by atoms with Crippen molar-refractivity contribution in [2.45, 2.75) is 43.5 Å². The zero-order valence-corrected chi connectivity index (χ0v) is 14.4. The fourth-order valence-electron chi connectivity index (χ4n) is 3.20. The number of carbonyl (C=O) groups is 1. The van der Waals surface area contributed by atoms with Gasteiger partial charge < -0.3 is 9.73 Å². The molecule has 1 atom stereocenters. The van der Waals surface area contributed by atoms with Crippen LogP contribution in [0.5, 0.6) is 0 Å². The lowest BCUT2D eigenvalue weighted by Gasteiger charge is -2.35. The largest absolute Gasteiger partial charge is 0.455 e. The first-order chi connectivity index (χ1) is 11.2. The number of aryl methyl sites for hydroxylation is 2. The quantitative estimate of drug-likeness (QED) is 0.884. The molecule has 2 aromatic rings. The molecule has 24 heavy (non-hydrogen) atoms. The van der Waals surface area contributed by atoms with Crippen LogP contribution in [0.25, 0.3) is 0 Å². The summed E-state index contributed by atoms with van der Waals surface area (Å²) in [6, 6.07) is 9.35. The number of carbonyl (C=O) groups excluding carboxylic acids is 1. The van der Waals surface area contributed by atoms with Crippen LogP contribution >= 0.6 is 0 Å². The van der Waals surface area contributed by atoms with Crippen LogP contribution in [0.15, 0.2) is 39.6 Å². The van der Waals surface area contributed by atoms with Gasteiger partial charge in [-0.3, -0.25) is 4.79 Å². The Kier molecular flexibility index (Phi) is 4.01. The van der Waals surface area contributed by atoms with E-state index in [9.17, 15) is 13.2 Å². The summed E-state index contributed by atoms with van der Waals surface area (Å²) in [6.45, 7) is 3.45. The number of nitrogens with two attached hydrogens (primary N) is 1. The number of hydrogen-bond acceptors (Lipinski definition) is 4. The van der Waals surface area contributed by atoms with Crippen molar-refractivity contribution in [1.29, 1.82) is 0 Å². The molecule has 0 aliphatic heterocycles. The van der Waals surface area contributed by atoms with Crippen LogP contribution in [0, 0.1) is 6.92 Å². The number of fused-ring (bicyclic) bond motifs is 1. The van der Waals surface area contributed by atoms with Gasteiger partial charge in [-0.05, 0) is 44.2 Å². The summed E-state index contributed by atoms with van der Waals surface area (Å²) in [5.74, 6) is -0.367. The summed E-state index contributed by atoms with van der Waals surface area (Å²) in [6.07, 6.45) is 2.40. The van der Waals surface area contributed by atoms with Crippen LogP contribution in [-0.4, -0.2) is 19.9 Å². The van der Waals surface area contributed by atoms with Gasteiger partial charge in [-0.1, -0.05) is 24.3 Å². The highest BCUT2D eigenvalue weighted by Crippen LogP contribution is 2.29. The van der Waals surface area contributed by atoms with Crippen LogP contribution < -0.4 is 10.5 Å². The molecular formula is C17H20N2O4S. The van der Waals surface area contributed by atoms with Crippen molar-refractivity contribution in [2.24, 2.45) is 5.14 Å². The van der Waals surface area contributed by atoms with Crippen molar-refractivity contribution in [3.05, 3.63) is 53.0 Å². The molecule has 0 bridgehead atoms. The molecule has 7 heteroatoms. The molecule has 0 fully saturated rings. The Morgan fingerprint density at radius 3 is 2.58 bits per heavy atom. The average molecular weight is 348 g/mol. The second kappa shape index (κ2) is 5.75. The van der Waals surface area contributed by atoms with Crippen molar-refractivity contribution >= 4 is 15.9 Å². The third-order valence-corrected chi connectivity index (χ3v) is 5.48. The zero-order chi connectivity index (χ0) is 17.5. The number of amides is 1. The molecule has 0 saturated heterocycles. The Hall–Kier alpha value is -2.12. The fourth-order valence-corrected chi connectivity index (χ4v) is 3.91. The summed E-state index contributed by atoms with van der Waals surface area (Å²) < 4.78 is 28.2. The minimum atomic E-state index is -3.91. The van der Waals surface area contributed by atoms with E-state index in [0.717, 1.165) is 19.3 Å². The van der Waals surface area contributed by atoms with E-state index in [4.69, 9.17) is 9.56 Å². The Bertz CT molecular complexity index is 901. The van der Waals surface area contributed by atoms with E-state index in [1.165, 1.54) is 24.1 Å². The monoisotopic (exact) mass is 348 g/mol. The molecule has 0 saturated carbocycles. The number of primary sulfonamides is 1. The van der Waals surface area contributed by atoms with Crippen LogP contribution in [0.4, 0.5) is 0 Å². The second-order valence-electron chi connectivity index (χ2n) is 6.54. The number of sulfonamides is 1. The summed E-state index contributed by atoms with van der Waals surface area (Å²) >= 11 is 0. The standard InChI is InChI=1S/C17H20N2O4S/c1-11-15(24(18,21)22)9-14(23-11)16(20)19-17(2)8-7-12-5-3-4-6-13(12)10-17/h3-6,9H,7-8,10H2,1-2H3,(H,19,20)(H2,18,21,22)/t17-/m1/s1. The maximum atomic E-state index is 12.5. The fraction of sp³-hybridized carbons (Fsp3) is 0.353. The topological polar surface area (TPSA) is 102 Å². The van der Waals surface area contributed by atoms with E-state index in [-0.39, 0.29) is 16.4 Å². The second-order valence-corrected chi connectivity index (χ2v) is 8.07. The highest BCUT2D eigenvalue weighted by atomic mass is 32.2.